The van der Waals surface area contributed by atoms with Crippen LogP contribution >= 0.6 is 47.0 Å². The Balaban J connectivity index is 0. The molecule has 46 heavy (non-hydrogen) atoms. The first-order chi connectivity index (χ1) is 21.9. The lowest BCUT2D eigenvalue weighted by atomic mass is 10.1. The number of ether oxygens (including phenoxy) is 4. The van der Waals surface area contributed by atoms with Crippen molar-refractivity contribution in [3.05, 3.63) is 10.4 Å². The number of carbonyl (C=O) groups is 4. The molecule has 0 fully saturated rings. The monoisotopic (exact) mass is 723 g/mol. The van der Waals surface area contributed by atoms with Gasteiger partial charge in [0.15, 0.2) is 0 Å². The summed E-state index contributed by atoms with van der Waals surface area (Å²) in [6, 6.07) is 4.12. The largest absolute Gasteiger partial charge is 0.481 e. The number of rotatable bonds is 24. The number of carboxylic acids is 1. The van der Waals surface area contributed by atoms with Crippen LogP contribution in [0.4, 0.5) is 9.59 Å². The standard InChI is InChI=1S/C18H30N4O6S2.C10H15NO3S2/c1-3-14-29-17(24)30-18(2,15-19)5-4-16(23)28-13-12-27-11-10-26-9-8-25-7-6-21-22-20;1-3-6-15-9(14)16-10(2,7-11)5-4-8(12)13/h3-14H2,1-2H3;3-6H2,1-2H3,(H,12,13). The molecule has 1 N–H and O–H groups in total. The Hall–Kier alpha value is -2.15. The van der Waals surface area contributed by atoms with Crippen LogP contribution in [0.3, 0.4) is 0 Å². The lowest BCUT2D eigenvalue weighted by molar-refractivity contribution is -0.145. The van der Waals surface area contributed by atoms with Crippen molar-refractivity contribution < 1.29 is 43.2 Å². The van der Waals surface area contributed by atoms with Crippen molar-refractivity contribution >= 4 is 67.9 Å². The van der Waals surface area contributed by atoms with Crippen LogP contribution in [0, 0.1) is 22.7 Å². The summed E-state index contributed by atoms with van der Waals surface area (Å²) in [5.41, 5.74) is 8.09. The minimum absolute atomic E-state index is 0.0611. The average molecular weight is 724 g/mol. The smallest absolute Gasteiger partial charge is 0.305 e. The normalized spacial score (nSPS) is 12.9. The summed E-state index contributed by atoms with van der Waals surface area (Å²) in [6.07, 6.45) is 2.17. The van der Waals surface area contributed by atoms with Gasteiger partial charge >= 0.3 is 11.9 Å². The predicted molar refractivity (Wildman–Crippen MR) is 183 cm³/mol. The number of hydrogen-bond donors (Lipinski definition) is 1. The van der Waals surface area contributed by atoms with E-state index in [-0.39, 0.29) is 47.8 Å². The van der Waals surface area contributed by atoms with Crippen LogP contribution in [0.15, 0.2) is 5.11 Å². The second kappa shape index (κ2) is 30.2. The van der Waals surface area contributed by atoms with E-state index < -0.39 is 21.4 Å². The second-order valence-corrected chi connectivity index (χ2v) is 15.1. The first kappa shape index (κ1) is 46.0. The summed E-state index contributed by atoms with van der Waals surface area (Å²) in [6.45, 7) is 9.77. The summed E-state index contributed by atoms with van der Waals surface area (Å²) < 4.78 is 18.7. The number of thioether (sulfide) groups is 4. The maximum atomic E-state index is 11.8. The molecule has 0 aromatic heterocycles. The van der Waals surface area contributed by atoms with Crippen LogP contribution in [0.25, 0.3) is 10.4 Å². The Morgan fingerprint density at radius 2 is 1.22 bits per heavy atom. The van der Waals surface area contributed by atoms with Gasteiger partial charge in [-0.15, -0.1) is 0 Å². The number of hydrogen-bond acceptors (Lipinski definition) is 15. The van der Waals surface area contributed by atoms with Crippen LogP contribution in [-0.2, 0) is 28.5 Å². The third kappa shape index (κ3) is 29.3. The summed E-state index contributed by atoms with van der Waals surface area (Å²) in [7, 11) is 0. The fraction of sp³-hybridized carbons (Fsp3) is 0.786. The van der Waals surface area contributed by atoms with Gasteiger partial charge in [-0.1, -0.05) is 66.0 Å². The third-order valence-corrected chi connectivity index (χ3v) is 9.92. The quantitative estimate of drug-likeness (QED) is 0.0345. The SMILES string of the molecule is CCCSC(=O)SC(C)(C#N)CCC(=O)O.CCCSC(=O)SC(C)(C#N)CCC(=O)OCCOCCOCCOCCN=[N+]=[N-]. The molecule has 0 radical (unpaired) electrons. The number of carboxylic acid groups (broad SMARTS) is 1. The molecule has 2 unspecified atom stereocenters. The molecule has 0 bridgehead atoms. The lowest BCUT2D eigenvalue weighted by Crippen LogP contribution is -2.22. The van der Waals surface area contributed by atoms with Crippen molar-refractivity contribution in [2.45, 2.75) is 75.7 Å². The van der Waals surface area contributed by atoms with Crippen LogP contribution in [0.1, 0.15) is 66.2 Å². The highest BCUT2D eigenvalue weighted by Crippen LogP contribution is 2.35. The molecular weight excluding hydrogens is 679 g/mol. The molecule has 0 aliphatic rings. The van der Waals surface area contributed by atoms with Crippen molar-refractivity contribution in [3.8, 4) is 12.1 Å². The van der Waals surface area contributed by atoms with Crippen molar-refractivity contribution in [2.75, 3.05) is 64.3 Å². The molecule has 2 atom stereocenters. The number of esters is 1. The molecular formula is C28H45N5O9S4. The lowest BCUT2D eigenvalue weighted by Gasteiger charge is -2.18. The van der Waals surface area contributed by atoms with Gasteiger partial charge in [-0.25, -0.2) is 0 Å². The summed E-state index contributed by atoms with van der Waals surface area (Å²) in [5.74, 6) is 0.0681. The summed E-state index contributed by atoms with van der Waals surface area (Å²) in [4.78, 5) is 48.1. The van der Waals surface area contributed by atoms with Crippen molar-refractivity contribution in [2.24, 2.45) is 5.11 Å². The zero-order chi connectivity index (χ0) is 35.1. The number of azide groups is 1. The maximum absolute atomic E-state index is 11.8. The van der Waals surface area contributed by atoms with E-state index in [9.17, 15) is 24.4 Å². The molecule has 0 aliphatic heterocycles. The molecule has 0 rings (SSSR count). The van der Waals surface area contributed by atoms with Crippen LogP contribution in [-0.4, -0.2) is 99.7 Å². The predicted octanol–water partition coefficient (Wildman–Crippen LogP) is 7.08. The number of carbonyl (C=O) groups excluding carboxylic acids is 3. The molecule has 0 amide bonds. The van der Waals surface area contributed by atoms with Gasteiger partial charge in [0, 0.05) is 35.8 Å². The van der Waals surface area contributed by atoms with Gasteiger partial charge in [0.1, 0.15) is 16.1 Å². The second-order valence-electron chi connectivity index (χ2n) is 9.49. The summed E-state index contributed by atoms with van der Waals surface area (Å²) in [5, 5.41) is 30.2. The van der Waals surface area contributed by atoms with Crippen molar-refractivity contribution in [3.63, 3.8) is 0 Å². The zero-order valence-electron chi connectivity index (χ0n) is 26.9. The molecule has 0 heterocycles. The number of nitrogens with zero attached hydrogens (tertiary/aromatic N) is 5. The number of aliphatic carboxylic acids is 1. The molecule has 0 aliphatic carbocycles. The van der Waals surface area contributed by atoms with E-state index in [1.807, 2.05) is 19.9 Å². The van der Waals surface area contributed by atoms with E-state index in [0.717, 1.165) is 42.1 Å². The van der Waals surface area contributed by atoms with Gasteiger partial charge in [-0.2, -0.15) is 10.5 Å². The van der Waals surface area contributed by atoms with E-state index in [2.05, 4.69) is 16.1 Å². The van der Waals surface area contributed by atoms with Gasteiger partial charge in [0.05, 0.1) is 51.8 Å². The Morgan fingerprint density at radius 1 is 0.783 bits per heavy atom. The molecule has 0 spiro atoms. The molecule has 14 nitrogen and oxygen atoms in total. The van der Waals surface area contributed by atoms with E-state index in [1.54, 1.807) is 13.8 Å². The maximum Gasteiger partial charge on any atom is 0.305 e. The molecule has 0 aromatic carbocycles. The van der Waals surface area contributed by atoms with Gasteiger partial charge < -0.3 is 24.1 Å². The first-order valence-corrected chi connectivity index (χ1v) is 18.2. The molecule has 18 heteroatoms. The van der Waals surface area contributed by atoms with Crippen LogP contribution in [0.5, 0.6) is 0 Å². The Bertz CT molecular complexity index is 1040. The Morgan fingerprint density at radius 3 is 1.63 bits per heavy atom. The van der Waals surface area contributed by atoms with Crippen LogP contribution < -0.4 is 0 Å². The zero-order valence-corrected chi connectivity index (χ0v) is 30.2. The van der Waals surface area contributed by atoms with E-state index in [4.69, 9.17) is 34.8 Å². The molecule has 0 aromatic rings. The fourth-order valence-electron chi connectivity index (χ4n) is 2.72. The highest BCUT2D eigenvalue weighted by atomic mass is 32.2. The highest BCUT2D eigenvalue weighted by Gasteiger charge is 2.30. The Labute approximate surface area is 288 Å². The van der Waals surface area contributed by atoms with Gasteiger partial charge in [0.2, 0.25) is 8.89 Å². The van der Waals surface area contributed by atoms with E-state index >= 15 is 0 Å². The Kier molecular flexibility index (Phi) is 30.2. The molecule has 0 saturated carbocycles. The fourth-order valence-corrected chi connectivity index (χ4v) is 6.77. The van der Waals surface area contributed by atoms with Crippen LogP contribution in [0.2, 0.25) is 0 Å². The van der Waals surface area contributed by atoms with E-state index in [0.29, 0.717) is 45.3 Å². The van der Waals surface area contributed by atoms with Crippen molar-refractivity contribution in [1.82, 2.24) is 0 Å². The minimum atomic E-state index is -0.948. The van der Waals surface area contributed by atoms with Gasteiger partial charge in [-0.05, 0) is 45.1 Å². The average Bonchev–Trinajstić information content (AvgIpc) is 3.03. The molecule has 260 valence electrons. The third-order valence-electron chi connectivity index (χ3n) is 5.19. The summed E-state index contributed by atoms with van der Waals surface area (Å²) >= 11 is 4.26. The highest BCUT2D eigenvalue weighted by molar-refractivity contribution is 8.39. The number of nitriles is 2. The first-order valence-electron chi connectivity index (χ1n) is 14.6. The van der Waals surface area contributed by atoms with E-state index in [1.165, 1.54) is 23.5 Å². The minimum Gasteiger partial charge on any atom is -0.481 e. The van der Waals surface area contributed by atoms with Crippen molar-refractivity contribution in [1.29, 1.82) is 10.5 Å². The van der Waals surface area contributed by atoms with Gasteiger partial charge in [-0.3, -0.25) is 19.2 Å². The molecule has 0 saturated heterocycles. The van der Waals surface area contributed by atoms with Gasteiger partial charge in [0.25, 0.3) is 0 Å². The topological polar surface area (TPSA) is 222 Å².